The summed E-state index contributed by atoms with van der Waals surface area (Å²) >= 11 is 0. The lowest BCUT2D eigenvalue weighted by Crippen LogP contribution is -2.09. The van der Waals surface area contributed by atoms with Crippen LogP contribution in [0.3, 0.4) is 0 Å². The van der Waals surface area contributed by atoms with E-state index in [-0.39, 0.29) is 5.69 Å². The number of nitrogens with zero attached hydrogens (tertiary/aromatic N) is 1. The van der Waals surface area contributed by atoms with Gasteiger partial charge in [0, 0.05) is 0 Å². The van der Waals surface area contributed by atoms with Crippen molar-refractivity contribution in [2.75, 3.05) is 5.43 Å². The molecule has 3 nitrogen and oxygen atoms in total. The van der Waals surface area contributed by atoms with Crippen molar-refractivity contribution in [3.63, 3.8) is 0 Å². The topological polar surface area (TPSA) is 61.8 Å². The molecule has 62 valence electrons. The summed E-state index contributed by atoms with van der Waals surface area (Å²) in [6.45, 7) is 1.72. The first-order valence-electron chi connectivity index (χ1n) is 3.36. The van der Waals surface area contributed by atoms with E-state index < -0.39 is 5.82 Å². The molecule has 1 aromatic rings. The predicted molar refractivity (Wildman–Crippen MR) is 43.7 cm³/mol. The molecular weight excluding hydrogens is 157 g/mol. The maximum Gasteiger partial charge on any atom is 0.148 e. The number of anilines is 1. The van der Waals surface area contributed by atoms with Gasteiger partial charge in [-0.3, -0.25) is 5.84 Å². The minimum Gasteiger partial charge on any atom is -0.321 e. The van der Waals surface area contributed by atoms with E-state index >= 15 is 0 Å². The van der Waals surface area contributed by atoms with Crippen molar-refractivity contribution in [2.45, 2.75) is 6.92 Å². The highest BCUT2D eigenvalue weighted by atomic mass is 19.1. The van der Waals surface area contributed by atoms with E-state index in [0.717, 1.165) is 6.07 Å². The standard InChI is InChI=1S/C8H8FN3/c1-5-2-8(12-11)7(9)3-6(5)4-10/h2-3,12H,11H2,1H3. The number of nitriles is 1. The molecule has 0 aromatic heterocycles. The van der Waals surface area contributed by atoms with E-state index in [0.29, 0.717) is 11.1 Å². The molecule has 0 bridgehead atoms. The summed E-state index contributed by atoms with van der Waals surface area (Å²) < 4.78 is 12.9. The van der Waals surface area contributed by atoms with Crippen LogP contribution >= 0.6 is 0 Å². The van der Waals surface area contributed by atoms with Crippen LogP contribution in [0.5, 0.6) is 0 Å². The van der Waals surface area contributed by atoms with Gasteiger partial charge in [0.1, 0.15) is 5.82 Å². The van der Waals surface area contributed by atoms with E-state index in [9.17, 15) is 4.39 Å². The minimum absolute atomic E-state index is 0.200. The maximum atomic E-state index is 12.9. The van der Waals surface area contributed by atoms with E-state index in [1.54, 1.807) is 6.92 Å². The van der Waals surface area contributed by atoms with Crippen molar-refractivity contribution >= 4 is 5.69 Å². The summed E-state index contributed by atoms with van der Waals surface area (Å²) in [5.74, 6) is 4.52. The van der Waals surface area contributed by atoms with E-state index in [4.69, 9.17) is 11.1 Å². The van der Waals surface area contributed by atoms with Gasteiger partial charge in [0.15, 0.2) is 0 Å². The average Bonchev–Trinajstić information content (AvgIpc) is 2.08. The highest BCUT2D eigenvalue weighted by Gasteiger charge is 2.04. The molecular formula is C8H8FN3. The minimum atomic E-state index is -0.514. The van der Waals surface area contributed by atoms with Crippen LogP contribution in [-0.2, 0) is 0 Å². The van der Waals surface area contributed by atoms with Crippen molar-refractivity contribution in [2.24, 2.45) is 5.84 Å². The molecule has 0 amide bonds. The molecule has 0 fully saturated rings. The van der Waals surface area contributed by atoms with Crippen LogP contribution in [0, 0.1) is 24.1 Å². The molecule has 4 heteroatoms. The van der Waals surface area contributed by atoms with Crippen LogP contribution in [0.4, 0.5) is 10.1 Å². The monoisotopic (exact) mass is 165 g/mol. The van der Waals surface area contributed by atoms with Crippen LogP contribution in [0.2, 0.25) is 0 Å². The molecule has 0 aliphatic heterocycles. The SMILES string of the molecule is Cc1cc(NN)c(F)cc1C#N. The zero-order valence-electron chi connectivity index (χ0n) is 6.56. The molecule has 0 unspecified atom stereocenters. The molecule has 1 aromatic carbocycles. The van der Waals surface area contributed by atoms with Gasteiger partial charge in [-0.25, -0.2) is 4.39 Å². The van der Waals surface area contributed by atoms with Gasteiger partial charge in [-0.05, 0) is 24.6 Å². The third-order valence-corrected chi connectivity index (χ3v) is 1.59. The lowest BCUT2D eigenvalue weighted by atomic mass is 10.1. The highest BCUT2D eigenvalue weighted by molar-refractivity contribution is 5.52. The number of hydrazine groups is 1. The number of nitrogens with one attached hydrogen (secondary N) is 1. The fourth-order valence-electron chi connectivity index (χ4n) is 0.913. The van der Waals surface area contributed by atoms with E-state index in [2.05, 4.69) is 5.43 Å². The molecule has 1 rings (SSSR count). The van der Waals surface area contributed by atoms with Crippen LogP contribution in [0.1, 0.15) is 11.1 Å². The second-order valence-corrected chi connectivity index (χ2v) is 2.40. The summed E-state index contributed by atoms with van der Waals surface area (Å²) in [5.41, 5.74) is 3.43. The Kier molecular flexibility index (Phi) is 2.26. The van der Waals surface area contributed by atoms with Gasteiger partial charge in [-0.15, -0.1) is 0 Å². The largest absolute Gasteiger partial charge is 0.321 e. The average molecular weight is 165 g/mol. The zero-order valence-corrected chi connectivity index (χ0v) is 6.56. The van der Waals surface area contributed by atoms with Gasteiger partial charge in [0.2, 0.25) is 0 Å². The molecule has 0 spiro atoms. The Morgan fingerprint density at radius 3 is 2.75 bits per heavy atom. The van der Waals surface area contributed by atoms with Gasteiger partial charge in [0.25, 0.3) is 0 Å². The van der Waals surface area contributed by atoms with Crippen molar-refractivity contribution < 1.29 is 4.39 Å². The van der Waals surface area contributed by atoms with Gasteiger partial charge < -0.3 is 5.43 Å². The summed E-state index contributed by atoms with van der Waals surface area (Å²) in [4.78, 5) is 0. The maximum absolute atomic E-state index is 12.9. The predicted octanol–water partition coefficient (Wildman–Crippen LogP) is 1.29. The number of nitrogen functional groups attached to an aromatic ring is 1. The number of rotatable bonds is 1. The highest BCUT2D eigenvalue weighted by Crippen LogP contribution is 2.17. The number of benzene rings is 1. The molecule has 0 atom stereocenters. The fourth-order valence-corrected chi connectivity index (χ4v) is 0.913. The van der Waals surface area contributed by atoms with E-state index in [1.165, 1.54) is 6.07 Å². The summed E-state index contributed by atoms with van der Waals surface area (Å²) in [7, 11) is 0. The summed E-state index contributed by atoms with van der Waals surface area (Å²) in [5, 5.41) is 8.54. The molecule has 3 N–H and O–H groups in total. The Labute approximate surface area is 69.6 Å². The smallest absolute Gasteiger partial charge is 0.148 e. The number of aryl methyl sites for hydroxylation is 1. The Bertz CT molecular complexity index is 340. The second kappa shape index (κ2) is 3.20. The van der Waals surface area contributed by atoms with Crippen LogP contribution in [0.15, 0.2) is 12.1 Å². The van der Waals surface area contributed by atoms with Gasteiger partial charge in [-0.2, -0.15) is 5.26 Å². The van der Waals surface area contributed by atoms with E-state index in [1.807, 2.05) is 6.07 Å². The van der Waals surface area contributed by atoms with Gasteiger partial charge in [0.05, 0.1) is 17.3 Å². The van der Waals surface area contributed by atoms with Gasteiger partial charge in [-0.1, -0.05) is 0 Å². The number of hydrogen-bond acceptors (Lipinski definition) is 3. The Morgan fingerprint density at radius 2 is 2.25 bits per heavy atom. The molecule has 12 heavy (non-hydrogen) atoms. The zero-order chi connectivity index (χ0) is 9.14. The molecule has 0 aliphatic rings. The van der Waals surface area contributed by atoms with Crippen LogP contribution in [-0.4, -0.2) is 0 Å². The van der Waals surface area contributed by atoms with Crippen molar-refractivity contribution in [3.8, 4) is 6.07 Å². The third kappa shape index (κ3) is 1.36. The summed E-state index contributed by atoms with van der Waals surface area (Å²) in [6.07, 6.45) is 0. The van der Waals surface area contributed by atoms with Crippen molar-refractivity contribution in [1.82, 2.24) is 0 Å². The second-order valence-electron chi connectivity index (χ2n) is 2.40. The molecule has 0 saturated carbocycles. The number of halogens is 1. The molecule has 0 saturated heterocycles. The summed E-state index contributed by atoms with van der Waals surface area (Å²) in [6, 6.07) is 4.53. The Balaban J connectivity index is 3.28. The first-order chi connectivity index (χ1) is 5.69. The fraction of sp³-hybridized carbons (Fsp3) is 0.125. The lowest BCUT2D eigenvalue weighted by molar-refractivity contribution is 0.629. The first-order valence-corrected chi connectivity index (χ1v) is 3.36. The van der Waals surface area contributed by atoms with Gasteiger partial charge >= 0.3 is 0 Å². The van der Waals surface area contributed by atoms with Crippen LogP contribution in [0.25, 0.3) is 0 Å². The van der Waals surface area contributed by atoms with Crippen molar-refractivity contribution in [1.29, 1.82) is 5.26 Å². The normalized spacial score (nSPS) is 9.17. The molecule has 0 radical (unpaired) electrons. The third-order valence-electron chi connectivity index (χ3n) is 1.59. The quantitative estimate of drug-likeness (QED) is 0.487. The molecule has 0 heterocycles. The van der Waals surface area contributed by atoms with Crippen LogP contribution < -0.4 is 11.3 Å². The Morgan fingerprint density at radius 1 is 1.58 bits per heavy atom. The van der Waals surface area contributed by atoms with Crippen molar-refractivity contribution in [3.05, 3.63) is 29.1 Å². The number of hydrogen-bond donors (Lipinski definition) is 2. The number of nitrogens with two attached hydrogens (primary N) is 1. The molecule has 0 aliphatic carbocycles. The Hall–Kier alpha value is -1.60. The lowest BCUT2D eigenvalue weighted by Gasteiger charge is -2.03. The first kappa shape index (κ1) is 8.50.